The Kier molecular flexibility index (Phi) is 4.31. The molecule has 0 saturated carbocycles. The molecule has 0 spiro atoms. The van der Waals surface area contributed by atoms with Crippen molar-refractivity contribution < 1.29 is 18.0 Å². The highest BCUT2D eigenvalue weighted by atomic mass is 32.2. The van der Waals surface area contributed by atoms with E-state index in [0.29, 0.717) is 11.4 Å². The number of nitrogens with zero attached hydrogens (tertiary/aromatic N) is 2. The van der Waals surface area contributed by atoms with Crippen molar-refractivity contribution in [2.24, 2.45) is 0 Å². The molecule has 1 aromatic carbocycles. The van der Waals surface area contributed by atoms with E-state index in [1.165, 1.54) is 29.2 Å². The van der Waals surface area contributed by atoms with Crippen LogP contribution in [0.4, 0.5) is 18.9 Å². The summed E-state index contributed by atoms with van der Waals surface area (Å²) >= 11 is 1.63. The zero-order valence-electron chi connectivity index (χ0n) is 11.8. The van der Waals surface area contributed by atoms with Crippen LogP contribution in [0.1, 0.15) is 5.56 Å². The number of hydrogen-bond acceptors (Lipinski definition) is 4. The summed E-state index contributed by atoms with van der Waals surface area (Å²) in [6.07, 6.45) is -1.53. The number of halogens is 3. The van der Waals surface area contributed by atoms with Crippen molar-refractivity contribution >= 4 is 23.4 Å². The fraction of sp³-hybridized carbons (Fsp3) is 0.286. The second kappa shape index (κ2) is 6.25. The summed E-state index contributed by atoms with van der Waals surface area (Å²) in [5, 5.41) is 9.73. The SMILES string of the molecule is O=C(Nc1cnn(-c2cccc(C(F)(F)F)c2)c1)[C@@H]1CSCN1. The smallest absolute Gasteiger partial charge is 0.322 e. The van der Waals surface area contributed by atoms with Gasteiger partial charge in [0.05, 0.1) is 35.4 Å². The molecule has 1 saturated heterocycles. The van der Waals surface area contributed by atoms with Crippen LogP contribution >= 0.6 is 11.8 Å². The van der Waals surface area contributed by atoms with Gasteiger partial charge in [0.2, 0.25) is 5.91 Å². The molecule has 2 aromatic rings. The molecule has 0 bridgehead atoms. The molecule has 122 valence electrons. The Bertz CT molecular complexity index is 710. The number of benzene rings is 1. The molecule has 3 rings (SSSR count). The van der Waals surface area contributed by atoms with E-state index in [0.717, 1.165) is 18.0 Å². The summed E-state index contributed by atoms with van der Waals surface area (Å²) in [4.78, 5) is 12.0. The standard InChI is InChI=1S/C14H13F3N4OS/c15-14(16,17)9-2-1-3-11(4-9)21-6-10(5-19-21)20-13(22)12-7-23-8-18-12/h1-6,12,18H,7-8H2,(H,20,22)/t12-/m0/s1. The topological polar surface area (TPSA) is 59.0 Å². The molecule has 5 nitrogen and oxygen atoms in total. The zero-order chi connectivity index (χ0) is 16.4. The zero-order valence-corrected chi connectivity index (χ0v) is 12.6. The van der Waals surface area contributed by atoms with Crippen LogP contribution in [0.3, 0.4) is 0 Å². The van der Waals surface area contributed by atoms with Gasteiger partial charge in [-0.05, 0) is 18.2 Å². The number of alkyl halides is 3. The number of nitrogens with one attached hydrogen (secondary N) is 2. The summed E-state index contributed by atoms with van der Waals surface area (Å²) in [5.74, 6) is 1.23. The third-order valence-electron chi connectivity index (χ3n) is 3.32. The van der Waals surface area contributed by atoms with Crippen molar-refractivity contribution in [3.05, 3.63) is 42.2 Å². The van der Waals surface area contributed by atoms with Crippen molar-refractivity contribution in [2.45, 2.75) is 12.2 Å². The first kappa shape index (κ1) is 15.9. The molecule has 1 amide bonds. The predicted octanol–water partition coefficient (Wildman–Crippen LogP) is 2.49. The lowest BCUT2D eigenvalue weighted by atomic mass is 10.2. The fourth-order valence-electron chi connectivity index (χ4n) is 2.15. The Hall–Kier alpha value is -2.00. The number of rotatable bonds is 3. The van der Waals surface area contributed by atoms with Crippen LogP contribution in [0.15, 0.2) is 36.7 Å². The van der Waals surface area contributed by atoms with Gasteiger partial charge in [-0.3, -0.25) is 10.1 Å². The first-order valence-corrected chi connectivity index (χ1v) is 7.93. The highest BCUT2D eigenvalue weighted by molar-refractivity contribution is 7.99. The molecular weight excluding hydrogens is 329 g/mol. The van der Waals surface area contributed by atoms with Gasteiger partial charge >= 0.3 is 6.18 Å². The lowest BCUT2D eigenvalue weighted by Gasteiger charge is -2.09. The summed E-state index contributed by atoms with van der Waals surface area (Å²) in [5.41, 5.74) is -0.0377. The molecule has 2 N–H and O–H groups in total. The number of hydrogen-bond donors (Lipinski definition) is 2. The van der Waals surface area contributed by atoms with Gasteiger partial charge in [0.15, 0.2) is 0 Å². The average Bonchev–Trinajstić information content (AvgIpc) is 3.18. The van der Waals surface area contributed by atoms with E-state index in [-0.39, 0.29) is 17.6 Å². The predicted molar refractivity (Wildman–Crippen MR) is 81.4 cm³/mol. The maximum Gasteiger partial charge on any atom is 0.416 e. The highest BCUT2D eigenvalue weighted by Crippen LogP contribution is 2.30. The van der Waals surface area contributed by atoms with E-state index in [2.05, 4.69) is 15.7 Å². The van der Waals surface area contributed by atoms with Crippen LogP contribution < -0.4 is 10.6 Å². The number of thioether (sulfide) groups is 1. The van der Waals surface area contributed by atoms with Gasteiger partial charge < -0.3 is 5.32 Å². The Morgan fingerprint density at radius 1 is 1.43 bits per heavy atom. The number of carbonyl (C=O) groups excluding carboxylic acids is 1. The molecule has 1 aliphatic heterocycles. The molecule has 1 fully saturated rings. The molecule has 1 aliphatic rings. The van der Waals surface area contributed by atoms with Crippen molar-refractivity contribution in [3.8, 4) is 5.69 Å². The van der Waals surface area contributed by atoms with Crippen molar-refractivity contribution in [1.82, 2.24) is 15.1 Å². The quantitative estimate of drug-likeness (QED) is 0.900. The van der Waals surface area contributed by atoms with Gasteiger partial charge in [-0.15, -0.1) is 11.8 Å². The number of aromatic nitrogens is 2. The molecular formula is C14H13F3N4OS. The van der Waals surface area contributed by atoms with Gasteiger partial charge in [0.25, 0.3) is 0 Å². The third-order valence-corrected chi connectivity index (χ3v) is 4.26. The number of carbonyl (C=O) groups is 1. The molecule has 1 atom stereocenters. The lowest BCUT2D eigenvalue weighted by molar-refractivity contribution is -0.137. The van der Waals surface area contributed by atoms with Gasteiger partial charge in [-0.2, -0.15) is 18.3 Å². The van der Waals surface area contributed by atoms with Crippen LogP contribution in [-0.4, -0.2) is 33.4 Å². The summed E-state index contributed by atoms with van der Waals surface area (Å²) in [6.45, 7) is 0. The highest BCUT2D eigenvalue weighted by Gasteiger charge is 2.30. The minimum atomic E-state index is -4.41. The molecule has 1 aromatic heterocycles. The number of anilines is 1. The van der Waals surface area contributed by atoms with E-state index in [1.54, 1.807) is 11.8 Å². The Labute approximate surface area is 134 Å². The largest absolute Gasteiger partial charge is 0.416 e. The monoisotopic (exact) mass is 342 g/mol. The lowest BCUT2D eigenvalue weighted by Crippen LogP contribution is -2.37. The first-order chi connectivity index (χ1) is 10.9. The molecule has 2 heterocycles. The van der Waals surface area contributed by atoms with E-state index < -0.39 is 11.7 Å². The maximum absolute atomic E-state index is 12.7. The second-order valence-electron chi connectivity index (χ2n) is 4.98. The molecule has 0 radical (unpaired) electrons. The maximum atomic E-state index is 12.7. The van der Waals surface area contributed by atoms with Crippen molar-refractivity contribution in [1.29, 1.82) is 0 Å². The van der Waals surface area contributed by atoms with E-state index >= 15 is 0 Å². The Morgan fingerprint density at radius 2 is 2.26 bits per heavy atom. The van der Waals surface area contributed by atoms with Gasteiger partial charge in [0, 0.05) is 11.6 Å². The molecule has 9 heteroatoms. The first-order valence-electron chi connectivity index (χ1n) is 6.78. The number of amides is 1. The van der Waals surface area contributed by atoms with Crippen LogP contribution in [0.2, 0.25) is 0 Å². The Morgan fingerprint density at radius 3 is 2.96 bits per heavy atom. The van der Waals surface area contributed by atoms with Crippen molar-refractivity contribution in [3.63, 3.8) is 0 Å². The molecule has 0 aliphatic carbocycles. The van der Waals surface area contributed by atoms with Crippen LogP contribution in [0.25, 0.3) is 5.69 Å². The van der Waals surface area contributed by atoms with Crippen LogP contribution in [-0.2, 0) is 11.0 Å². The summed E-state index contributed by atoms with van der Waals surface area (Å²) < 4.78 is 39.5. The van der Waals surface area contributed by atoms with E-state index in [4.69, 9.17) is 0 Å². The van der Waals surface area contributed by atoms with Gasteiger partial charge in [-0.25, -0.2) is 4.68 Å². The molecule has 0 unspecified atom stereocenters. The third kappa shape index (κ3) is 3.67. The van der Waals surface area contributed by atoms with Crippen molar-refractivity contribution in [2.75, 3.05) is 16.9 Å². The van der Waals surface area contributed by atoms with E-state index in [9.17, 15) is 18.0 Å². The second-order valence-corrected chi connectivity index (χ2v) is 6.01. The van der Waals surface area contributed by atoms with E-state index in [1.807, 2.05) is 0 Å². The van der Waals surface area contributed by atoms with Gasteiger partial charge in [-0.1, -0.05) is 6.07 Å². The Balaban J connectivity index is 1.75. The molecule has 23 heavy (non-hydrogen) atoms. The van der Waals surface area contributed by atoms with Crippen LogP contribution in [0, 0.1) is 0 Å². The minimum absolute atomic E-state index is 0.182. The summed E-state index contributed by atoms with van der Waals surface area (Å²) in [6, 6.07) is 4.57. The summed E-state index contributed by atoms with van der Waals surface area (Å²) in [7, 11) is 0. The minimum Gasteiger partial charge on any atom is -0.322 e. The van der Waals surface area contributed by atoms with Crippen LogP contribution in [0.5, 0.6) is 0 Å². The fourth-order valence-corrected chi connectivity index (χ4v) is 3.09. The average molecular weight is 342 g/mol. The van der Waals surface area contributed by atoms with Gasteiger partial charge in [0.1, 0.15) is 0 Å². The normalized spacial score (nSPS) is 18.1.